The number of aliphatic carboxylic acids is 1. The molecule has 0 unspecified atom stereocenters. The van der Waals surface area contributed by atoms with Crippen LogP contribution in [0.2, 0.25) is 0 Å². The number of halogens is 1. The van der Waals surface area contributed by atoms with Crippen molar-refractivity contribution < 1.29 is 14.3 Å². The van der Waals surface area contributed by atoms with E-state index in [1.165, 1.54) is 0 Å². The van der Waals surface area contributed by atoms with Gasteiger partial charge in [0.05, 0.1) is 0 Å². The lowest BCUT2D eigenvalue weighted by molar-refractivity contribution is -0.131. The number of benzene rings is 1. The van der Waals surface area contributed by atoms with E-state index in [-0.39, 0.29) is 10.1 Å². The van der Waals surface area contributed by atoms with E-state index in [2.05, 4.69) is 32.8 Å². The van der Waals surface area contributed by atoms with E-state index in [0.717, 1.165) is 20.9 Å². The van der Waals surface area contributed by atoms with E-state index >= 15 is 0 Å². The van der Waals surface area contributed by atoms with Crippen molar-refractivity contribution >= 4 is 46.4 Å². The molecule has 0 aliphatic heterocycles. The second-order valence-electron chi connectivity index (χ2n) is 3.78. The molecule has 0 bridgehead atoms. The molecule has 2 aromatic rings. The van der Waals surface area contributed by atoms with Crippen molar-refractivity contribution in [1.82, 2.24) is 10.2 Å². The molecule has 0 saturated heterocycles. The maximum Gasteiger partial charge on any atom is 0.342 e. The second kappa shape index (κ2) is 6.89. The van der Waals surface area contributed by atoms with E-state index in [1.807, 2.05) is 31.2 Å². The van der Waals surface area contributed by atoms with Crippen LogP contribution in [0.5, 0.6) is 0 Å². The molecule has 7 heteroatoms. The average molecular weight is 402 g/mol. The van der Waals surface area contributed by atoms with Gasteiger partial charge in [-0.2, -0.15) is 0 Å². The maximum atomic E-state index is 11.3. The fourth-order valence-electron chi connectivity index (χ4n) is 1.36. The van der Waals surface area contributed by atoms with Gasteiger partial charge >= 0.3 is 5.97 Å². The first-order valence-electron chi connectivity index (χ1n) is 5.79. The summed E-state index contributed by atoms with van der Waals surface area (Å²) < 4.78 is 6.40. The Labute approximate surface area is 133 Å². The molecule has 0 aliphatic rings. The SMILES string of the molecule is CCc1nnc(S/C(=C\c2ccc(I)cc2)C(=O)O)o1. The number of carboxylic acids is 1. The molecule has 20 heavy (non-hydrogen) atoms. The molecule has 5 nitrogen and oxygen atoms in total. The predicted molar refractivity (Wildman–Crippen MR) is 84.3 cm³/mol. The number of aryl methyl sites for hydroxylation is 1. The number of carboxylic acid groups (broad SMARTS) is 1. The van der Waals surface area contributed by atoms with Crippen LogP contribution >= 0.6 is 34.4 Å². The lowest BCUT2D eigenvalue weighted by atomic mass is 10.2. The number of nitrogens with zero attached hydrogens (tertiary/aromatic N) is 2. The molecule has 1 heterocycles. The van der Waals surface area contributed by atoms with Gasteiger partial charge in [-0.3, -0.25) is 0 Å². The largest absolute Gasteiger partial charge is 0.477 e. The first kappa shape index (κ1) is 15.0. The van der Waals surface area contributed by atoms with E-state index in [4.69, 9.17) is 4.42 Å². The van der Waals surface area contributed by atoms with Gasteiger partial charge in [-0.25, -0.2) is 4.79 Å². The lowest BCUT2D eigenvalue weighted by Gasteiger charge is -1.99. The Morgan fingerprint density at radius 3 is 2.65 bits per heavy atom. The fourth-order valence-corrected chi connectivity index (χ4v) is 2.41. The van der Waals surface area contributed by atoms with Gasteiger partial charge in [0.1, 0.15) is 4.91 Å². The number of carbonyl (C=O) groups is 1. The van der Waals surface area contributed by atoms with Crippen LogP contribution in [0.1, 0.15) is 18.4 Å². The molecule has 104 valence electrons. The van der Waals surface area contributed by atoms with Crippen LogP contribution in [0.3, 0.4) is 0 Å². The molecular formula is C13H11IN2O3S. The molecule has 1 aromatic carbocycles. The lowest BCUT2D eigenvalue weighted by Crippen LogP contribution is -1.96. The average Bonchev–Trinajstić information content (AvgIpc) is 2.88. The Morgan fingerprint density at radius 1 is 1.40 bits per heavy atom. The summed E-state index contributed by atoms with van der Waals surface area (Å²) in [5, 5.41) is 17.1. The summed E-state index contributed by atoms with van der Waals surface area (Å²) in [5.74, 6) is -0.531. The first-order chi connectivity index (χ1) is 9.58. The molecule has 0 saturated carbocycles. The molecule has 0 atom stereocenters. The molecule has 0 fully saturated rings. The van der Waals surface area contributed by atoms with Crippen molar-refractivity contribution in [3.63, 3.8) is 0 Å². The zero-order valence-corrected chi connectivity index (χ0v) is 13.5. The summed E-state index contributed by atoms with van der Waals surface area (Å²) in [6, 6.07) is 7.55. The monoisotopic (exact) mass is 402 g/mol. The van der Waals surface area contributed by atoms with E-state index in [0.29, 0.717) is 12.3 Å². The number of hydrogen-bond donors (Lipinski definition) is 1. The van der Waals surface area contributed by atoms with Crippen LogP contribution in [0.25, 0.3) is 6.08 Å². The highest BCUT2D eigenvalue weighted by atomic mass is 127. The Bertz CT molecular complexity index is 637. The zero-order valence-electron chi connectivity index (χ0n) is 10.5. The third kappa shape index (κ3) is 4.07. The van der Waals surface area contributed by atoms with Crippen molar-refractivity contribution in [2.45, 2.75) is 18.6 Å². The molecular weight excluding hydrogens is 391 g/mol. The van der Waals surface area contributed by atoms with Gasteiger partial charge < -0.3 is 9.52 Å². The second-order valence-corrected chi connectivity index (χ2v) is 6.02. The highest BCUT2D eigenvalue weighted by Gasteiger charge is 2.14. The van der Waals surface area contributed by atoms with Crippen molar-refractivity contribution in [3.05, 3.63) is 44.2 Å². The normalized spacial score (nSPS) is 11.6. The number of hydrogen-bond acceptors (Lipinski definition) is 5. The van der Waals surface area contributed by atoms with E-state index < -0.39 is 5.97 Å². The van der Waals surface area contributed by atoms with Crippen LogP contribution in [0.4, 0.5) is 0 Å². The maximum absolute atomic E-state index is 11.3. The summed E-state index contributed by atoms with van der Waals surface area (Å²) in [7, 11) is 0. The van der Waals surface area contributed by atoms with E-state index in [1.54, 1.807) is 6.08 Å². The van der Waals surface area contributed by atoms with Crippen LogP contribution in [0, 0.1) is 3.57 Å². The van der Waals surface area contributed by atoms with Gasteiger partial charge in [-0.15, -0.1) is 10.2 Å². The molecule has 0 amide bonds. The summed E-state index contributed by atoms with van der Waals surface area (Å²) in [6.45, 7) is 1.89. The third-order valence-corrected chi connectivity index (χ3v) is 3.90. The third-order valence-electron chi connectivity index (χ3n) is 2.33. The summed E-state index contributed by atoms with van der Waals surface area (Å²) in [4.78, 5) is 11.4. The number of thioether (sulfide) groups is 1. The minimum Gasteiger partial charge on any atom is -0.477 e. The molecule has 0 spiro atoms. The predicted octanol–water partition coefficient (Wildman–Crippen LogP) is 3.45. The molecule has 0 radical (unpaired) electrons. The molecule has 1 aromatic heterocycles. The van der Waals surface area contributed by atoms with Gasteiger partial charge in [0.15, 0.2) is 0 Å². The zero-order chi connectivity index (χ0) is 14.5. The van der Waals surface area contributed by atoms with Gasteiger partial charge in [0.2, 0.25) is 5.89 Å². The van der Waals surface area contributed by atoms with E-state index in [9.17, 15) is 9.90 Å². The van der Waals surface area contributed by atoms with Gasteiger partial charge in [-0.05, 0) is 58.1 Å². The standard InChI is InChI=1S/C13H11IN2O3S/c1-2-11-15-16-13(19-11)20-10(12(17)18)7-8-3-5-9(14)6-4-8/h3-7H,2H2,1H3,(H,17,18)/b10-7-. The quantitative estimate of drug-likeness (QED) is 0.469. The van der Waals surface area contributed by atoms with Gasteiger partial charge in [-0.1, -0.05) is 19.1 Å². The van der Waals surface area contributed by atoms with Crippen molar-refractivity contribution in [2.24, 2.45) is 0 Å². The Kier molecular flexibility index (Phi) is 5.18. The van der Waals surface area contributed by atoms with Crippen LogP contribution in [0.15, 0.2) is 38.8 Å². The topological polar surface area (TPSA) is 76.2 Å². The van der Waals surface area contributed by atoms with Crippen LogP contribution < -0.4 is 0 Å². The van der Waals surface area contributed by atoms with Gasteiger partial charge in [0.25, 0.3) is 5.22 Å². The molecule has 1 N–H and O–H groups in total. The summed E-state index contributed by atoms with van der Waals surface area (Å²) in [6.07, 6.45) is 2.20. The van der Waals surface area contributed by atoms with Crippen molar-refractivity contribution in [1.29, 1.82) is 0 Å². The molecule has 0 aliphatic carbocycles. The van der Waals surface area contributed by atoms with Crippen molar-refractivity contribution in [2.75, 3.05) is 0 Å². The highest BCUT2D eigenvalue weighted by Crippen LogP contribution is 2.27. The Morgan fingerprint density at radius 2 is 2.10 bits per heavy atom. The summed E-state index contributed by atoms with van der Waals surface area (Å²) >= 11 is 3.15. The van der Waals surface area contributed by atoms with Crippen molar-refractivity contribution in [3.8, 4) is 0 Å². The van der Waals surface area contributed by atoms with Gasteiger partial charge in [0, 0.05) is 9.99 Å². The fraction of sp³-hybridized carbons (Fsp3) is 0.154. The highest BCUT2D eigenvalue weighted by molar-refractivity contribution is 14.1. The minimum atomic E-state index is -1.02. The first-order valence-corrected chi connectivity index (χ1v) is 7.69. The smallest absolute Gasteiger partial charge is 0.342 e. The Hall–Kier alpha value is -1.35. The number of rotatable bonds is 5. The van der Waals surface area contributed by atoms with Crippen LogP contribution in [-0.4, -0.2) is 21.3 Å². The van der Waals surface area contributed by atoms with Crippen LogP contribution in [-0.2, 0) is 11.2 Å². The Balaban J connectivity index is 2.22. The molecule has 2 rings (SSSR count). The summed E-state index contributed by atoms with van der Waals surface area (Å²) in [5.41, 5.74) is 0.811. The minimum absolute atomic E-state index is 0.137. The number of aromatic nitrogens is 2.